The predicted molar refractivity (Wildman–Crippen MR) is 304 cm³/mol. The second-order valence-corrected chi connectivity index (χ2v) is 20.8. The van der Waals surface area contributed by atoms with Crippen molar-refractivity contribution in [1.82, 2.24) is 24.9 Å². The number of para-hydroxylation sites is 2. The van der Waals surface area contributed by atoms with E-state index < -0.39 is 0 Å². The third kappa shape index (κ3) is 6.88. The third-order valence-corrected chi connectivity index (χ3v) is 15.8. The maximum absolute atomic E-state index is 5.41. The molecule has 14 rings (SSSR count). The van der Waals surface area contributed by atoms with Crippen LogP contribution in [-0.4, -0.2) is 24.9 Å². The van der Waals surface area contributed by atoms with Gasteiger partial charge in [0.05, 0.1) is 11.0 Å². The monoisotopic (exact) mass is 947 g/mol. The molecule has 0 spiro atoms. The number of pyridine rings is 2. The van der Waals surface area contributed by atoms with Gasteiger partial charge in [-0.15, -0.1) is 0 Å². The van der Waals surface area contributed by atoms with Crippen LogP contribution in [0.1, 0.15) is 49.9 Å². The molecule has 9 aromatic carbocycles. The fourth-order valence-corrected chi connectivity index (χ4v) is 12.3. The zero-order chi connectivity index (χ0) is 49.7. The van der Waals surface area contributed by atoms with Crippen molar-refractivity contribution in [1.29, 1.82) is 0 Å². The highest BCUT2D eigenvalue weighted by Gasteiger charge is 2.38. The molecule has 5 nitrogen and oxygen atoms in total. The average molecular weight is 948 g/mol. The Balaban J connectivity index is 0.985. The molecule has 0 saturated heterocycles. The van der Waals surface area contributed by atoms with E-state index in [2.05, 4.69) is 191 Å². The van der Waals surface area contributed by atoms with Gasteiger partial charge >= 0.3 is 0 Å². The maximum Gasteiger partial charge on any atom is 0.164 e. The first-order valence-corrected chi connectivity index (χ1v) is 25.5. The Morgan fingerprint density at radius 2 is 0.635 bits per heavy atom. The van der Waals surface area contributed by atoms with Gasteiger partial charge in [-0.25, -0.2) is 15.0 Å². The third-order valence-electron chi connectivity index (χ3n) is 15.8. The largest absolute Gasteiger partial charge is 0.256 e. The van der Waals surface area contributed by atoms with Crippen LogP contribution in [0.4, 0.5) is 0 Å². The summed E-state index contributed by atoms with van der Waals surface area (Å²) in [5.74, 6) is 1.72. The molecule has 2 aliphatic carbocycles. The second-order valence-electron chi connectivity index (χ2n) is 20.8. The van der Waals surface area contributed by atoms with Crippen LogP contribution < -0.4 is 0 Å². The number of aromatic nitrogens is 5. The Labute approximate surface area is 431 Å². The van der Waals surface area contributed by atoms with Gasteiger partial charge in [-0.1, -0.05) is 185 Å². The van der Waals surface area contributed by atoms with E-state index in [1.54, 1.807) is 0 Å². The lowest BCUT2D eigenvalue weighted by Gasteiger charge is -2.25. The van der Waals surface area contributed by atoms with E-state index in [0.29, 0.717) is 17.5 Å². The van der Waals surface area contributed by atoms with E-state index in [1.165, 1.54) is 66.8 Å². The van der Waals surface area contributed by atoms with Gasteiger partial charge in [-0.05, 0) is 144 Å². The predicted octanol–water partition coefficient (Wildman–Crippen LogP) is 17.2. The summed E-state index contributed by atoms with van der Waals surface area (Å²) >= 11 is 0. The summed E-state index contributed by atoms with van der Waals surface area (Å²) in [5, 5.41) is 1.94. The lowest BCUT2D eigenvalue weighted by atomic mass is 9.78. The maximum atomic E-state index is 5.41. The minimum absolute atomic E-state index is 0.165. The highest BCUT2D eigenvalue weighted by Crippen LogP contribution is 2.54. The molecule has 0 aliphatic heterocycles. The van der Waals surface area contributed by atoms with Crippen LogP contribution in [0.3, 0.4) is 0 Å². The fraction of sp³-hybridized carbons (Fsp3) is 0.0870. The van der Waals surface area contributed by atoms with Crippen LogP contribution >= 0.6 is 0 Å². The van der Waals surface area contributed by atoms with Crippen molar-refractivity contribution in [3.63, 3.8) is 0 Å². The quantitative estimate of drug-likeness (QED) is 0.159. The molecule has 0 atom stereocenters. The molecule has 0 amide bonds. The first-order chi connectivity index (χ1) is 36.2. The van der Waals surface area contributed by atoms with E-state index in [-0.39, 0.29) is 10.8 Å². The zero-order valence-electron chi connectivity index (χ0n) is 41.6. The molecule has 0 N–H and O–H groups in total. The van der Waals surface area contributed by atoms with Gasteiger partial charge in [-0.3, -0.25) is 9.97 Å². The molecule has 3 heterocycles. The summed E-state index contributed by atoms with van der Waals surface area (Å²) in [5.41, 5.74) is 23.9. The summed E-state index contributed by atoms with van der Waals surface area (Å²) in [6.45, 7) is 9.44. The fourth-order valence-electron chi connectivity index (χ4n) is 12.3. The molecular formula is C69H49N5. The molecule has 0 saturated carbocycles. The van der Waals surface area contributed by atoms with Gasteiger partial charge in [0, 0.05) is 50.7 Å². The van der Waals surface area contributed by atoms with E-state index in [1.807, 2.05) is 60.9 Å². The van der Waals surface area contributed by atoms with Crippen LogP contribution in [-0.2, 0) is 10.8 Å². The summed E-state index contributed by atoms with van der Waals surface area (Å²) in [6.07, 6.45) is 3.68. The first-order valence-electron chi connectivity index (χ1n) is 25.5. The van der Waals surface area contributed by atoms with Crippen molar-refractivity contribution in [2.75, 3.05) is 0 Å². The molecule has 0 radical (unpaired) electrons. The minimum Gasteiger partial charge on any atom is -0.256 e. The lowest BCUT2D eigenvalue weighted by molar-refractivity contribution is 0.662. The number of nitrogens with zero attached hydrogens (tertiary/aromatic N) is 5. The first kappa shape index (κ1) is 43.6. The zero-order valence-corrected chi connectivity index (χ0v) is 41.6. The Bertz CT molecular complexity index is 4000. The van der Waals surface area contributed by atoms with Crippen LogP contribution in [0.25, 0.3) is 123 Å². The number of hydrogen-bond acceptors (Lipinski definition) is 5. The summed E-state index contributed by atoms with van der Waals surface area (Å²) < 4.78 is 0. The Hall–Kier alpha value is -9.19. The van der Waals surface area contributed by atoms with Crippen LogP contribution in [0, 0.1) is 0 Å². The molecule has 3 aromatic heterocycles. The molecule has 0 unspecified atom stereocenters. The van der Waals surface area contributed by atoms with Crippen molar-refractivity contribution in [3.05, 3.63) is 247 Å². The molecule has 5 heteroatoms. The van der Waals surface area contributed by atoms with Gasteiger partial charge in [-0.2, -0.15) is 0 Å². The van der Waals surface area contributed by atoms with Gasteiger partial charge in [0.15, 0.2) is 17.5 Å². The highest BCUT2D eigenvalue weighted by atomic mass is 15.0. The van der Waals surface area contributed by atoms with E-state index in [0.717, 1.165) is 60.8 Å². The number of fused-ring (bicyclic) bond motifs is 8. The standard InChI is InChI=1S/C69H49N5/c1-68(2)59-29-9-5-21-51(59)55-27-15-25-49(63(55)68)44-19-13-17-42(37-44)46-39-47(43-18-14-20-45(38-43)50-26-16-28-56-52-22-6-10-30-60(52)69(3,4)64(50)56)41-48(40-46)65-72-66(57-33-35-70-61-31-11-7-23-53(57)61)74-67(73-65)58-34-36-71-62-32-12-8-24-54(58)62/h5-41H,1-4H3. The highest BCUT2D eigenvalue weighted by molar-refractivity contribution is 5.96. The Morgan fingerprint density at radius 1 is 0.270 bits per heavy atom. The molecule has 350 valence electrons. The molecule has 12 aromatic rings. The SMILES string of the molecule is CC1(C)c2ccccc2-c2cccc(-c3cccc(-c4cc(-c5cccc(-c6cccc7c6C(C)(C)c6ccccc6-7)c5)cc(-c5nc(-c6ccnc7ccccc67)nc(-c6ccnc7ccccc67)n5)c4)c3)c21. The molecule has 74 heavy (non-hydrogen) atoms. The normalized spacial score (nSPS) is 13.6. The Morgan fingerprint density at radius 3 is 1.14 bits per heavy atom. The number of rotatable bonds is 7. The topological polar surface area (TPSA) is 64.5 Å². The van der Waals surface area contributed by atoms with Crippen molar-refractivity contribution in [3.8, 4) is 101 Å². The molecule has 2 aliphatic rings. The van der Waals surface area contributed by atoms with Gasteiger partial charge in [0.2, 0.25) is 0 Å². The number of hydrogen-bond donors (Lipinski definition) is 0. The smallest absolute Gasteiger partial charge is 0.164 e. The van der Waals surface area contributed by atoms with Crippen molar-refractivity contribution in [2.24, 2.45) is 0 Å². The van der Waals surface area contributed by atoms with Gasteiger partial charge in [0.25, 0.3) is 0 Å². The Kier molecular flexibility index (Phi) is 9.83. The average Bonchev–Trinajstić information content (AvgIpc) is 3.86. The molecule has 0 fully saturated rings. The van der Waals surface area contributed by atoms with E-state index in [9.17, 15) is 0 Å². The molecular weight excluding hydrogens is 899 g/mol. The van der Waals surface area contributed by atoms with Gasteiger partial charge in [0.1, 0.15) is 0 Å². The number of benzene rings is 9. The second kappa shape index (κ2) is 16.7. The van der Waals surface area contributed by atoms with E-state index in [4.69, 9.17) is 24.9 Å². The van der Waals surface area contributed by atoms with Crippen LogP contribution in [0.15, 0.2) is 225 Å². The van der Waals surface area contributed by atoms with Crippen molar-refractivity contribution >= 4 is 21.8 Å². The van der Waals surface area contributed by atoms with Crippen molar-refractivity contribution in [2.45, 2.75) is 38.5 Å². The van der Waals surface area contributed by atoms with Crippen LogP contribution in [0.5, 0.6) is 0 Å². The van der Waals surface area contributed by atoms with E-state index >= 15 is 0 Å². The van der Waals surface area contributed by atoms with Crippen molar-refractivity contribution < 1.29 is 0 Å². The van der Waals surface area contributed by atoms with Crippen LogP contribution in [0.2, 0.25) is 0 Å². The summed E-state index contributed by atoms with van der Waals surface area (Å²) in [7, 11) is 0. The minimum atomic E-state index is -0.165. The summed E-state index contributed by atoms with van der Waals surface area (Å²) in [4.78, 5) is 25.5. The molecule has 0 bridgehead atoms. The van der Waals surface area contributed by atoms with Gasteiger partial charge < -0.3 is 0 Å². The lowest BCUT2D eigenvalue weighted by Crippen LogP contribution is -2.16. The summed E-state index contributed by atoms with van der Waals surface area (Å²) in [6, 6.07) is 76.6.